The number of carbonyl (C=O) groups excluding carboxylic acids is 1. The Morgan fingerprint density at radius 3 is 2.87 bits per heavy atom. The number of thiocarbonyl (C=S) groups is 1. The standard InChI is InChI=1S/C9H11BrN2O2S/c10-7-4-3-6(14-7)9(13)12-5-1-2-8(11)15/h3-4H,1-2,5H2,(H2,11,15)(H,12,13). The molecule has 15 heavy (non-hydrogen) atoms. The number of furan rings is 1. The largest absolute Gasteiger partial charge is 0.444 e. The first-order valence-electron chi connectivity index (χ1n) is 4.41. The van der Waals surface area contributed by atoms with Crippen LogP contribution in [-0.2, 0) is 0 Å². The van der Waals surface area contributed by atoms with Gasteiger partial charge in [0.2, 0.25) is 0 Å². The molecule has 0 spiro atoms. The van der Waals surface area contributed by atoms with Crippen LogP contribution in [0.5, 0.6) is 0 Å². The summed E-state index contributed by atoms with van der Waals surface area (Å²) in [7, 11) is 0. The molecule has 1 aromatic rings. The van der Waals surface area contributed by atoms with Crippen molar-refractivity contribution in [2.45, 2.75) is 12.8 Å². The van der Waals surface area contributed by atoms with Crippen LogP contribution in [0.2, 0.25) is 0 Å². The summed E-state index contributed by atoms with van der Waals surface area (Å²) in [5.41, 5.74) is 5.32. The van der Waals surface area contributed by atoms with Gasteiger partial charge < -0.3 is 15.5 Å². The monoisotopic (exact) mass is 290 g/mol. The van der Waals surface area contributed by atoms with Crippen LogP contribution in [-0.4, -0.2) is 17.4 Å². The highest BCUT2D eigenvalue weighted by molar-refractivity contribution is 9.10. The summed E-state index contributed by atoms with van der Waals surface area (Å²) in [4.78, 5) is 11.9. The summed E-state index contributed by atoms with van der Waals surface area (Å²) in [5.74, 6) is 0.0563. The zero-order valence-corrected chi connectivity index (χ0v) is 10.4. The fraction of sp³-hybridized carbons (Fsp3) is 0.333. The van der Waals surface area contributed by atoms with Crippen LogP contribution in [0.1, 0.15) is 23.4 Å². The highest BCUT2D eigenvalue weighted by Crippen LogP contribution is 2.13. The van der Waals surface area contributed by atoms with Crippen molar-refractivity contribution in [1.82, 2.24) is 5.32 Å². The zero-order chi connectivity index (χ0) is 11.3. The molecular weight excluding hydrogens is 280 g/mol. The predicted molar refractivity (Wildman–Crippen MR) is 64.8 cm³/mol. The first-order chi connectivity index (χ1) is 7.09. The molecule has 0 saturated carbocycles. The topological polar surface area (TPSA) is 68.3 Å². The number of nitrogens with one attached hydrogen (secondary N) is 1. The Balaban J connectivity index is 2.28. The third-order valence-electron chi connectivity index (χ3n) is 1.68. The third-order valence-corrected chi connectivity index (χ3v) is 2.31. The summed E-state index contributed by atoms with van der Waals surface area (Å²) < 4.78 is 5.62. The van der Waals surface area contributed by atoms with E-state index in [1.165, 1.54) is 0 Å². The van der Waals surface area contributed by atoms with Gasteiger partial charge in [-0.05, 0) is 40.9 Å². The maximum atomic E-state index is 11.4. The van der Waals surface area contributed by atoms with Gasteiger partial charge in [-0.1, -0.05) is 12.2 Å². The van der Waals surface area contributed by atoms with Gasteiger partial charge in [0.1, 0.15) is 0 Å². The van der Waals surface area contributed by atoms with Crippen molar-refractivity contribution in [2.24, 2.45) is 5.73 Å². The number of carbonyl (C=O) groups is 1. The normalized spacial score (nSPS) is 9.93. The van der Waals surface area contributed by atoms with Gasteiger partial charge in [0.25, 0.3) is 5.91 Å². The summed E-state index contributed by atoms with van der Waals surface area (Å²) in [6.07, 6.45) is 1.38. The van der Waals surface area contributed by atoms with Gasteiger partial charge in [-0.15, -0.1) is 0 Å². The SMILES string of the molecule is NC(=S)CCCNC(=O)c1ccc(Br)o1. The van der Waals surface area contributed by atoms with E-state index in [1.807, 2.05) is 0 Å². The lowest BCUT2D eigenvalue weighted by Gasteiger charge is -2.01. The Bertz CT molecular complexity index is 365. The smallest absolute Gasteiger partial charge is 0.287 e. The fourth-order valence-electron chi connectivity index (χ4n) is 0.988. The molecule has 6 heteroatoms. The van der Waals surface area contributed by atoms with Crippen LogP contribution in [0.25, 0.3) is 0 Å². The predicted octanol–water partition coefficient (Wildman–Crippen LogP) is 1.84. The Morgan fingerprint density at radius 1 is 1.60 bits per heavy atom. The zero-order valence-electron chi connectivity index (χ0n) is 7.96. The molecule has 0 fully saturated rings. The van der Waals surface area contributed by atoms with E-state index in [0.717, 1.165) is 6.42 Å². The molecule has 0 bridgehead atoms. The Labute approximate surface area is 101 Å². The molecule has 1 rings (SSSR count). The molecule has 0 aliphatic carbocycles. The number of halogens is 1. The first kappa shape index (κ1) is 12.2. The Hall–Kier alpha value is -0.880. The molecule has 1 amide bonds. The first-order valence-corrected chi connectivity index (χ1v) is 5.61. The lowest BCUT2D eigenvalue weighted by molar-refractivity contribution is 0.0924. The van der Waals surface area contributed by atoms with Crippen LogP contribution >= 0.6 is 28.1 Å². The van der Waals surface area contributed by atoms with E-state index in [0.29, 0.717) is 22.6 Å². The Morgan fingerprint density at radius 2 is 2.33 bits per heavy atom. The van der Waals surface area contributed by atoms with Gasteiger partial charge >= 0.3 is 0 Å². The second-order valence-electron chi connectivity index (χ2n) is 2.93. The van der Waals surface area contributed by atoms with Gasteiger partial charge in [-0.2, -0.15) is 0 Å². The Kier molecular flexibility index (Phi) is 4.77. The second kappa shape index (κ2) is 5.87. The van der Waals surface area contributed by atoms with E-state index in [1.54, 1.807) is 12.1 Å². The van der Waals surface area contributed by atoms with Crippen molar-refractivity contribution in [2.75, 3.05) is 6.54 Å². The molecular formula is C9H11BrN2O2S. The van der Waals surface area contributed by atoms with Crippen molar-refractivity contribution in [3.8, 4) is 0 Å². The van der Waals surface area contributed by atoms with E-state index < -0.39 is 0 Å². The van der Waals surface area contributed by atoms with Crippen LogP contribution in [0, 0.1) is 0 Å². The molecule has 0 aliphatic heterocycles. The summed E-state index contributed by atoms with van der Waals surface area (Å²) in [6.45, 7) is 0.536. The summed E-state index contributed by atoms with van der Waals surface area (Å²) in [5, 5.41) is 2.70. The number of nitrogens with two attached hydrogens (primary N) is 1. The van der Waals surface area contributed by atoms with Gasteiger partial charge in [0.05, 0.1) is 4.99 Å². The molecule has 0 aliphatic rings. The molecule has 3 N–H and O–H groups in total. The van der Waals surface area contributed by atoms with Crippen molar-refractivity contribution >= 4 is 39.0 Å². The molecule has 0 aromatic carbocycles. The average molecular weight is 291 g/mol. The van der Waals surface area contributed by atoms with Gasteiger partial charge in [0.15, 0.2) is 10.4 Å². The van der Waals surface area contributed by atoms with E-state index in [9.17, 15) is 4.79 Å². The summed E-state index contributed by atoms with van der Waals surface area (Å²) in [6, 6.07) is 3.27. The highest BCUT2D eigenvalue weighted by Gasteiger charge is 2.08. The quantitative estimate of drug-likeness (QED) is 0.641. The minimum Gasteiger partial charge on any atom is -0.444 e. The molecule has 1 heterocycles. The molecule has 0 unspecified atom stereocenters. The van der Waals surface area contributed by atoms with E-state index >= 15 is 0 Å². The maximum absolute atomic E-state index is 11.4. The van der Waals surface area contributed by atoms with Crippen LogP contribution < -0.4 is 11.1 Å². The average Bonchev–Trinajstić information content (AvgIpc) is 2.59. The van der Waals surface area contributed by atoms with E-state index in [-0.39, 0.29) is 11.7 Å². The van der Waals surface area contributed by atoms with E-state index in [2.05, 4.69) is 21.2 Å². The number of amides is 1. The number of rotatable bonds is 5. The fourth-order valence-corrected chi connectivity index (χ4v) is 1.44. The van der Waals surface area contributed by atoms with Crippen LogP contribution in [0.15, 0.2) is 21.2 Å². The van der Waals surface area contributed by atoms with Crippen molar-refractivity contribution in [3.05, 3.63) is 22.6 Å². The number of hydrogen-bond acceptors (Lipinski definition) is 3. The van der Waals surface area contributed by atoms with Crippen molar-refractivity contribution < 1.29 is 9.21 Å². The van der Waals surface area contributed by atoms with Gasteiger partial charge in [-0.25, -0.2) is 0 Å². The van der Waals surface area contributed by atoms with Gasteiger partial charge in [-0.3, -0.25) is 4.79 Å². The van der Waals surface area contributed by atoms with E-state index in [4.69, 9.17) is 22.4 Å². The minimum absolute atomic E-state index is 0.233. The van der Waals surface area contributed by atoms with Gasteiger partial charge in [0, 0.05) is 6.54 Å². The van der Waals surface area contributed by atoms with Crippen molar-refractivity contribution in [1.29, 1.82) is 0 Å². The molecule has 0 saturated heterocycles. The molecule has 82 valence electrons. The lowest BCUT2D eigenvalue weighted by Crippen LogP contribution is -2.24. The third kappa shape index (κ3) is 4.44. The lowest BCUT2D eigenvalue weighted by atomic mass is 10.3. The highest BCUT2D eigenvalue weighted by atomic mass is 79.9. The maximum Gasteiger partial charge on any atom is 0.287 e. The van der Waals surface area contributed by atoms with Crippen LogP contribution in [0.4, 0.5) is 0 Å². The minimum atomic E-state index is -0.233. The molecule has 0 radical (unpaired) electrons. The van der Waals surface area contributed by atoms with Crippen molar-refractivity contribution in [3.63, 3.8) is 0 Å². The molecule has 1 aromatic heterocycles. The molecule has 4 nitrogen and oxygen atoms in total. The number of hydrogen-bond donors (Lipinski definition) is 2. The summed E-state index contributed by atoms with van der Waals surface area (Å²) >= 11 is 7.83. The second-order valence-corrected chi connectivity index (χ2v) is 4.24. The molecule has 0 atom stereocenters. The van der Waals surface area contributed by atoms with Crippen LogP contribution in [0.3, 0.4) is 0 Å².